The van der Waals surface area contributed by atoms with Crippen molar-refractivity contribution in [1.29, 1.82) is 0 Å². The molecule has 1 unspecified atom stereocenters. The molecule has 0 aliphatic carbocycles. The summed E-state index contributed by atoms with van der Waals surface area (Å²) in [5.74, 6) is 0.591. The van der Waals surface area contributed by atoms with E-state index < -0.39 is 10.0 Å². The van der Waals surface area contributed by atoms with E-state index in [0.29, 0.717) is 17.4 Å². The zero-order chi connectivity index (χ0) is 13.9. The fourth-order valence-electron chi connectivity index (χ4n) is 2.35. The summed E-state index contributed by atoms with van der Waals surface area (Å²) in [6.45, 7) is 4.35. The van der Waals surface area contributed by atoms with E-state index in [9.17, 15) is 8.42 Å². The molecule has 1 aromatic carbocycles. The van der Waals surface area contributed by atoms with Crippen molar-refractivity contribution in [2.75, 3.05) is 19.6 Å². The molecular weight excluding hydrogens is 364 g/mol. The molecule has 0 bridgehead atoms. The average Bonchev–Trinajstić information content (AvgIpc) is 2.81. The first-order valence-corrected chi connectivity index (χ1v) is 8.73. The Balaban J connectivity index is 0.00000200. The van der Waals surface area contributed by atoms with Crippen LogP contribution >= 0.6 is 28.3 Å². The monoisotopic (exact) mass is 382 g/mol. The Hall–Kier alpha value is -0.140. The molecule has 20 heavy (non-hydrogen) atoms. The van der Waals surface area contributed by atoms with E-state index in [4.69, 9.17) is 0 Å². The standard InChI is InChI=1S/C13H19BrN2O2S.ClH/c1-10-8-12(14)2-3-13(10)19(17,18)16-7-5-11-4-6-15-9-11;/h2-3,8,11,15-16H,4-7,9H2,1H3;1H. The summed E-state index contributed by atoms with van der Waals surface area (Å²) in [4.78, 5) is 0.361. The Kier molecular flexibility index (Phi) is 6.94. The zero-order valence-electron chi connectivity index (χ0n) is 11.4. The van der Waals surface area contributed by atoms with Crippen molar-refractivity contribution < 1.29 is 8.42 Å². The molecule has 2 N–H and O–H groups in total. The molecule has 114 valence electrons. The SMILES string of the molecule is Cc1cc(Br)ccc1S(=O)(=O)NCCC1CCNC1.Cl. The van der Waals surface area contributed by atoms with E-state index in [1.165, 1.54) is 0 Å². The summed E-state index contributed by atoms with van der Waals surface area (Å²) in [7, 11) is -3.39. The second-order valence-corrected chi connectivity index (χ2v) is 7.61. The summed E-state index contributed by atoms with van der Waals surface area (Å²) in [6.07, 6.45) is 2.03. The van der Waals surface area contributed by atoms with E-state index >= 15 is 0 Å². The fraction of sp³-hybridized carbons (Fsp3) is 0.538. The second-order valence-electron chi connectivity index (χ2n) is 4.96. The maximum Gasteiger partial charge on any atom is 0.240 e. The van der Waals surface area contributed by atoms with Gasteiger partial charge in [-0.3, -0.25) is 0 Å². The van der Waals surface area contributed by atoms with Crippen molar-refractivity contribution in [3.05, 3.63) is 28.2 Å². The molecule has 1 saturated heterocycles. The molecule has 2 rings (SSSR count). The fourth-order valence-corrected chi connectivity index (χ4v) is 4.10. The van der Waals surface area contributed by atoms with Crippen molar-refractivity contribution in [1.82, 2.24) is 10.0 Å². The first kappa shape index (κ1) is 17.9. The van der Waals surface area contributed by atoms with Crippen molar-refractivity contribution in [3.8, 4) is 0 Å². The highest BCUT2D eigenvalue weighted by molar-refractivity contribution is 9.10. The van der Waals surface area contributed by atoms with Crippen LogP contribution in [0, 0.1) is 12.8 Å². The van der Waals surface area contributed by atoms with Crippen LogP contribution in [-0.2, 0) is 10.0 Å². The molecule has 0 saturated carbocycles. The molecule has 0 aromatic heterocycles. The Morgan fingerprint density at radius 2 is 2.20 bits per heavy atom. The van der Waals surface area contributed by atoms with Gasteiger partial charge >= 0.3 is 0 Å². The van der Waals surface area contributed by atoms with Crippen molar-refractivity contribution >= 4 is 38.4 Å². The molecule has 1 aromatic rings. The largest absolute Gasteiger partial charge is 0.316 e. The number of hydrogen-bond acceptors (Lipinski definition) is 3. The molecule has 0 radical (unpaired) electrons. The quantitative estimate of drug-likeness (QED) is 0.821. The summed E-state index contributed by atoms with van der Waals surface area (Å²) in [5, 5.41) is 3.28. The maximum atomic E-state index is 12.2. The highest BCUT2D eigenvalue weighted by Crippen LogP contribution is 2.20. The Bertz CT molecular complexity index is 545. The number of hydrogen-bond donors (Lipinski definition) is 2. The van der Waals surface area contributed by atoms with E-state index in [1.807, 2.05) is 6.07 Å². The van der Waals surface area contributed by atoms with E-state index in [0.717, 1.165) is 36.0 Å². The topological polar surface area (TPSA) is 58.2 Å². The van der Waals surface area contributed by atoms with Gasteiger partial charge in [0.1, 0.15) is 0 Å². The van der Waals surface area contributed by atoms with E-state index in [1.54, 1.807) is 19.1 Å². The maximum absolute atomic E-state index is 12.2. The molecule has 1 fully saturated rings. The number of nitrogens with one attached hydrogen (secondary N) is 2. The predicted molar refractivity (Wildman–Crippen MR) is 86.9 cm³/mol. The van der Waals surface area contributed by atoms with Gasteiger partial charge in [-0.05, 0) is 62.5 Å². The lowest BCUT2D eigenvalue weighted by atomic mass is 10.1. The number of halogens is 2. The number of aryl methyl sites for hydroxylation is 1. The van der Waals surface area contributed by atoms with Crippen LogP contribution < -0.4 is 10.0 Å². The van der Waals surface area contributed by atoms with Gasteiger partial charge in [-0.25, -0.2) is 13.1 Å². The van der Waals surface area contributed by atoms with Crippen LogP contribution in [0.15, 0.2) is 27.6 Å². The van der Waals surface area contributed by atoms with Crippen molar-refractivity contribution in [2.45, 2.75) is 24.7 Å². The van der Waals surface area contributed by atoms with E-state index in [2.05, 4.69) is 26.0 Å². The molecule has 0 spiro atoms. The minimum absolute atomic E-state index is 0. The van der Waals surface area contributed by atoms with Gasteiger partial charge in [0.15, 0.2) is 0 Å². The lowest BCUT2D eigenvalue weighted by Gasteiger charge is -2.11. The van der Waals surface area contributed by atoms with Gasteiger partial charge in [0.05, 0.1) is 4.90 Å². The van der Waals surface area contributed by atoms with Gasteiger partial charge in [-0.1, -0.05) is 15.9 Å². The zero-order valence-corrected chi connectivity index (χ0v) is 14.6. The van der Waals surface area contributed by atoms with Gasteiger partial charge in [0.25, 0.3) is 0 Å². The molecule has 1 heterocycles. The van der Waals surface area contributed by atoms with Crippen molar-refractivity contribution in [2.24, 2.45) is 5.92 Å². The number of benzene rings is 1. The first-order chi connectivity index (χ1) is 8.99. The van der Waals surface area contributed by atoms with Gasteiger partial charge in [0, 0.05) is 11.0 Å². The summed E-state index contributed by atoms with van der Waals surface area (Å²) in [6, 6.07) is 5.21. The summed E-state index contributed by atoms with van der Waals surface area (Å²) < 4.78 is 28.0. The first-order valence-electron chi connectivity index (χ1n) is 6.45. The molecule has 7 heteroatoms. The number of rotatable bonds is 5. The minimum atomic E-state index is -3.39. The highest BCUT2D eigenvalue weighted by Gasteiger charge is 2.18. The molecular formula is C13H20BrClN2O2S. The van der Waals surface area contributed by atoms with Gasteiger partial charge < -0.3 is 5.32 Å². The van der Waals surface area contributed by atoms with Gasteiger partial charge in [0.2, 0.25) is 10.0 Å². The molecule has 1 aliphatic rings. The third-order valence-corrected chi connectivity index (χ3v) is 5.55. The van der Waals surface area contributed by atoms with Crippen LogP contribution in [0.5, 0.6) is 0 Å². The minimum Gasteiger partial charge on any atom is -0.316 e. The Morgan fingerprint density at radius 3 is 2.80 bits per heavy atom. The predicted octanol–water partition coefficient (Wildman–Crippen LogP) is 2.46. The highest BCUT2D eigenvalue weighted by atomic mass is 79.9. The Morgan fingerprint density at radius 1 is 1.45 bits per heavy atom. The van der Waals surface area contributed by atoms with Gasteiger partial charge in [-0.2, -0.15) is 0 Å². The van der Waals surface area contributed by atoms with Crippen LogP contribution in [0.4, 0.5) is 0 Å². The molecule has 0 amide bonds. The third kappa shape index (κ3) is 4.70. The van der Waals surface area contributed by atoms with Crippen LogP contribution in [0.25, 0.3) is 0 Å². The van der Waals surface area contributed by atoms with Crippen LogP contribution in [0.3, 0.4) is 0 Å². The molecule has 4 nitrogen and oxygen atoms in total. The van der Waals surface area contributed by atoms with Crippen LogP contribution in [-0.4, -0.2) is 28.1 Å². The lowest BCUT2D eigenvalue weighted by molar-refractivity contribution is 0.519. The molecule has 1 aliphatic heterocycles. The normalized spacial score (nSPS) is 18.8. The smallest absolute Gasteiger partial charge is 0.240 e. The third-order valence-electron chi connectivity index (χ3n) is 3.43. The summed E-state index contributed by atoms with van der Waals surface area (Å²) >= 11 is 3.34. The molecule has 1 atom stereocenters. The Labute approximate surface area is 135 Å². The average molecular weight is 384 g/mol. The lowest BCUT2D eigenvalue weighted by Crippen LogP contribution is -2.27. The van der Waals surface area contributed by atoms with Gasteiger partial charge in [-0.15, -0.1) is 12.4 Å². The van der Waals surface area contributed by atoms with Crippen LogP contribution in [0.2, 0.25) is 0 Å². The van der Waals surface area contributed by atoms with Crippen LogP contribution in [0.1, 0.15) is 18.4 Å². The summed E-state index contributed by atoms with van der Waals surface area (Å²) in [5.41, 5.74) is 0.754. The van der Waals surface area contributed by atoms with E-state index in [-0.39, 0.29) is 12.4 Å². The van der Waals surface area contributed by atoms with Crippen molar-refractivity contribution in [3.63, 3.8) is 0 Å². The number of sulfonamides is 1. The second kappa shape index (κ2) is 7.75.